The third-order valence-corrected chi connectivity index (χ3v) is 5.69. The smallest absolute Gasteiger partial charge is 0.332 e. The molecule has 1 aliphatic heterocycles. The van der Waals surface area contributed by atoms with Crippen molar-refractivity contribution in [3.63, 3.8) is 0 Å². The first-order valence-corrected chi connectivity index (χ1v) is 9.23. The van der Waals surface area contributed by atoms with Crippen LogP contribution in [0.1, 0.15) is 43.7 Å². The van der Waals surface area contributed by atoms with E-state index in [4.69, 9.17) is 0 Å². The fourth-order valence-corrected chi connectivity index (χ4v) is 4.35. The van der Waals surface area contributed by atoms with Gasteiger partial charge in [0, 0.05) is 37.7 Å². The molecule has 0 radical (unpaired) electrons. The fraction of sp³-hybridized carbons (Fsp3) is 0.381. The highest BCUT2D eigenvalue weighted by Crippen LogP contribution is 2.47. The number of nitrogens with zero attached hydrogens (tertiary/aromatic N) is 2. The quantitative estimate of drug-likeness (QED) is 0.788. The number of hydrogen-bond donors (Lipinski definition) is 2. The lowest BCUT2D eigenvalue weighted by atomic mass is 9.69. The largest absolute Gasteiger partial charge is 0.508 e. The van der Waals surface area contributed by atoms with E-state index in [2.05, 4.69) is 5.32 Å². The number of carbonyl (C=O) groups is 1. The van der Waals surface area contributed by atoms with Gasteiger partial charge in [0.2, 0.25) is 0 Å². The summed E-state index contributed by atoms with van der Waals surface area (Å²) < 4.78 is 2.48. The van der Waals surface area contributed by atoms with Crippen LogP contribution in [0.3, 0.4) is 0 Å². The molecule has 1 aromatic heterocycles. The number of benzene rings is 1. The lowest BCUT2D eigenvalue weighted by molar-refractivity contribution is -0.118. The van der Waals surface area contributed by atoms with Crippen LogP contribution in [0.2, 0.25) is 0 Å². The summed E-state index contributed by atoms with van der Waals surface area (Å²) in [6.07, 6.45) is 1.04. The van der Waals surface area contributed by atoms with Gasteiger partial charge in [-0.25, -0.2) is 4.79 Å². The molecule has 4 rings (SSSR count). The van der Waals surface area contributed by atoms with Crippen molar-refractivity contribution in [2.45, 2.75) is 32.6 Å². The van der Waals surface area contributed by atoms with Gasteiger partial charge in [0.05, 0.1) is 5.56 Å². The highest BCUT2D eigenvalue weighted by atomic mass is 16.3. The molecule has 7 heteroatoms. The van der Waals surface area contributed by atoms with Crippen molar-refractivity contribution >= 4 is 11.6 Å². The van der Waals surface area contributed by atoms with Gasteiger partial charge in [0.25, 0.3) is 5.56 Å². The van der Waals surface area contributed by atoms with E-state index in [9.17, 15) is 19.5 Å². The Morgan fingerprint density at radius 2 is 1.68 bits per heavy atom. The Balaban J connectivity index is 2.07. The summed E-state index contributed by atoms with van der Waals surface area (Å²) in [5.74, 6) is -0.0497. The third kappa shape index (κ3) is 2.61. The van der Waals surface area contributed by atoms with Gasteiger partial charge >= 0.3 is 5.69 Å². The van der Waals surface area contributed by atoms with Gasteiger partial charge in [-0.15, -0.1) is 0 Å². The molecule has 2 aliphatic rings. The summed E-state index contributed by atoms with van der Waals surface area (Å²) in [6.45, 7) is 4.06. The second-order valence-electron chi connectivity index (χ2n) is 8.45. The Morgan fingerprint density at radius 1 is 1.04 bits per heavy atom. The summed E-state index contributed by atoms with van der Waals surface area (Å²) in [4.78, 5) is 38.7. The predicted octanol–water partition coefficient (Wildman–Crippen LogP) is 1.99. The number of rotatable bonds is 1. The van der Waals surface area contributed by atoms with Crippen molar-refractivity contribution in [2.75, 3.05) is 5.32 Å². The standard InChI is InChI=1S/C21H23N3O4/c1-21(2)9-13-16(14(26)10-21)15(11-5-7-12(25)8-6-11)17-18(22-13)23(3)20(28)24(4)19(17)27/h5-8,15,22,25H,9-10H2,1-4H3/t15-/m1/s1. The second kappa shape index (κ2) is 5.95. The van der Waals surface area contributed by atoms with Crippen molar-refractivity contribution in [1.29, 1.82) is 0 Å². The van der Waals surface area contributed by atoms with Crippen molar-refractivity contribution in [3.8, 4) is 5.75 Å². The first kappa shape index (κ1) is 18.3. The van der Waals surface area contributed by atoms with E-state index in [0.717, 1.165) is 15.8 Å². The molecule has 1 atom stereocenters. The molecule has 0 bridgehead atoms. The number of fused-ring (bicyclic) bond motifs is 1. The summed E-state index contributed by atoms with van der Waals surface area (Å²) >= 11 is 0. The molecule has 0 spiro atoms. The first-order chi connectivity index (χ1) is 13.1. The number of nitrogens with one attached hydrogen (secondary N) is 1. The lowest BCUT2D eigenvalue weighted by Gasteiger charge is -2.39. The Bertz CT molecular complexity index is 1150. The van der Waals surface area contributed by atoms with Crippen LogP contribution in [0, 0.1) is 5.41 Å². The van der Waals surface area contributed by atoms with Gasteiger partial charge in [-0.3, -0.25) is 18.7 Å². The van der Waals surface area contributed by atoms with Gasteiger partial charge in [-0.1, -0.05) is 26.0 Å². The molecule has 146 valence electrons. The maximum atomic E-state index is 13.1. The summed E-state index contributed by atoms with van der Waals surface area (Å²) in [6, 6.07) is 6.52. The molecule has 0 fully saturated rings. The molecule has 1 aliphatic carbocycles. The average molecular weight is 381 g/mol. The van der Waals surface area contributed by atoms with Crippen LogP contribution in [-0.2, 0) is 18.9 Å². The molecular weight excluding hydrogens is 358 g/mol. The monoisotopic (exact) mass is 381 g/mol. The molecular formula is C21H23N3O4. The molecule has 0 unspecified atom stereocenters. The zero-order valence-corrected chi connectivity index (χ0v) is 16.4. The number of allylic oxidation sites excluding steroid dienone is 2. The van der Waals surface area contributed by atoms with Crippen molar-refractivity contribution in [3.05, 3.63) is 67.5 Å². The molecule has 0 saturated heterocycles. The van der Waals surface area contributed by atoms with Crippen LogP contribution >= 0.6 is 0 Å². The van der Waals surface area contributed by atoms with Crippen molar-refractivity contribution < 1.29 is 9.90 Å². The number of phenols is 1. The van der Waals surface area contributed by atoms with Crippen LogP contribution in [0.25, 0.3) is 0 Å². The Labute approximate surface area is 161 Å². The number of phenolic OH excluding ortho intramolecular Hbond substituents is 1. The van der Waals surface area contributed by atoms with Gasteiger partial charge in [-0.2, -0.15) is 0 Å². The van der Waals surface area contributed by atoms with Crippen LogP contribution in [0.4, 0.5) is 5.82 Å². The Kier molecular flexibility index (Phi) is 3.89. The van der Waals surface area contributed by atoms with Crippen molar-refractivity contribution in [2.24, 2.45) is 19.5 Å². The second-order valence-corrected chi connectivity index (χ2v) is 8.45. The molecule has 0 saturated carbocycles. The molecule has 0 amide bonds. The number of Topliss-reactive ketones (excluding diaryl/α,β-unsaturated/α-hetero) is 1. The number of anilines is 1. The highest BCUT2D eigenvalue weighted by molar-refractivity contribution is 6.01. The average Bonchev–Trinajstić information content (AvgIpc) is 2.63. The summed E-state index contributed by atoms with van der Waals surface area (Å²) in [7, 11) is 3.05. The minimum Gasteiger partial charge on any atom is -0.508 e. The molecule has 7 nitrogen and oxygen atoms in total. The maximum Gasteiger partial charge on any atom is 0.332 e. The van der Waals surface area contributed by atoms with Crippen LogP contribution < -0.4 is 16.6 Å². The highest BCUT2D eigenvalue weighted by Gasteiger charge is 2.42. The van der Waals surface area contributed by atoms with E-state index in [1.54, 1.807) is 31.3 Å². The van der Waals surface area contributed by atoms with E-state index in [1.807, 2.05) is 13.8 Å². The van der Waals surface area contributed by atoms with Crippen molar-refractivity contribution in [1.82, 2.24) is 9.13 Å². The number of hydrogen-bond acceptors (Lipinski definition) is 5. The van der Waals surface area contributed by atoms with Gasteiger partial charge < -0.3 is 10.4 Å². The zero-order valence-electron chi connectivity index (χ0n) is 16.4. The SMILES string of the molecule is Cn1c2c(c(=O)n(C)c1=O)[C@H](c1ccc(O)cc1)C1=C(CC(C)(C)CC1=O)N2. The summed E-state index contributed by atoms with van der Waals surface area (Å²) in [5.41, 5.74) is 1.39. The van der Waals surface area contributed by atoms with E-state index in [-0.39, 0.29) is 16.9 Å². The van der Waals surface area contributed by atoms with Crippen LogP contribution in [0.15, 0.2) is 45.1 Å². The van der Waals surface area contributed by atoms with Gasteiger partial charge in [0.15, 0.2) is 5.78 Å². The lowest BCUT2D eigenvalue weighted by Crippen LogP contribution is -2.45. The van der Waals surface area contributed by atoms with Gasteiger partial charge in [0.1, 0.15) is 11.6 Å². The number of carbonyl (C=O) groups excluding carboxylic acids is 1. The third-order valence-electron chi connectivity index (χ3n) is 5.69. The normalized spacial score (nSPS) is 20.4. The molecule has 2 heterocycles. The topological polar surface area (TPSA) is 93.3 Å². The van der Waals surface area contributed by atoms with Crippen LogP contribution in [0.5, 0.6) is 5.75 Å². The molecule has 2 N–H and O–H groups in total. The van der Waals surface area contributed by atoms with E-state index >= 15 is 0 Å². The molecule has 2 aromatic rings. The summed E-state index contributed by atoms with van der Waals surface area (Å²) in [5, 5.41) is 12.9. The zero-order chi connectivity index (χ0) is 20.4. The van der Waals surface area contributed by atoms with Gasteiger partial charge in [-0.05, 0) is 29.5 Å². The molecule has 1 aromatic carbocycles. The maximum absolute atomic E-state index is 13.1. The first-order valence-electron chi connectivity index (χ1n) is 9.23. The van der Waals surface area contributed by atoms with E-state index in [0.29, 0.717) is 29.8 Å². The minimum atomic E-state index is -0.582. The van der Waals surface area contributed by atoms with Crippen LogP contribution in [-0.4, -0.2) is 20.0 Å². The van der Waals surface area contributed by atoms with E-state index in [1.165, 1.54) is 11.6 Å². The Morgan fingerprint density at radius 3 is 2.32 bits per heavy atom. The number of aromatic nitrogens is 2. The number of aromatic hydroxyl groups is 1. The predicted molar refractivity (Wildman–Crippen MR) is 106 cm³/mol. The fourth-order valence-electron chi connectivity index (χ4n) is 4.35. The molecule has 28 heavy (non-hydrogen) atoms. The Hall–Kier alpha value is -3.09. The number of ketones is 1. The van der Waals surface area contributed by atoms with E-state index < -0.39 is 17.2 Å². The minimum absolute atomic E-state index is 0.00150.